The van der Waals surface area contributed by atoms with E-state index in [1.54, 1.807) is 0 Å². The summed E-state index contributed by atoms with van der Waals surface area (Å²) < 4.78 is 6.36. The van der Waals surface area contributed by atoms with Crippen LogP contribution in [0.1, 0.15) is 17.4 Å². The van der Waals surface area contributed by atoms with Crippen LogP contribution in [0.25, 0.3) is 11.4 Å². The highest BCUT2D eigenvalue weighted by molar-refractivity contribution is 9.10. The molecule has 1 aromatic heterocycles. The number of hydrogen-bond donors (Lipinski definition) is 3. The molecule has 0 radical (unpaired) electrons. The van der Waals surface area contributed by atoms with Crippen molar-refractivity contribution in [2.45, 2.75) is 29.3 Å². The van der Waals surface area contributed by atoms with E-state index in [4.69, 9.17) is 4.52 Å². The number of benzene rings is 2. The Morgan fingerprint density at radius 1 is 1.17 bits per heavy atom. The zero-order chi connectivity index (χ0) is 20.5. The van der Waals surface area contributed by atoms with Crippen LogP contribution < -0.4 is 16.0 Å². The van der Waals surface area contributed by atoms with E-state index >= 15 is 0 Å². The standard InChI is InChI=1S/C21H20BrN5O2S/c22-14-8-4-7-13(9-14)19-24-16(29-27-19)11-30-21-25-17-15(12-5-2-1-3-6-12)10-23-18(17)20(28)26-21/h1-9,15,17-18,21,23,25H,10-11H2,(H,26,28). The Morgan fingerprint density at radius 3 is 2.87 bits per heavy atom. The second-order valence-corrected chi connectivity index (χ2v) is 9.33. The number of carbonyl (C=O) groups is 1. The Balaban J connectivity index is 1.25. The summed E-state index contributed by atoms with van der Waals surface area (Å²) in [7, 11) is 0. The Kier molecular flexibility index (Phi) is 5.60. The van der Waals surface area contributed by atoms with Crippen molar-refractivity contribution in [1.29, 1.82) is 0 Å². The molecular formula is C21H20BrN5O2S. The van der Waals surface area contributed by atoms with E-state index in [0.29, 0.717) is 17.5 Å². The third kappa shape index (κ3) is 4.02. The molecule has 154 valence electrons. The van der Waals surface area contributed by atoms with Crippen LogP contribution in [0.15, 0.2) is 63.6 Å². The SMILES string of the molecule is O=C1NC(SCc2nc(-c3cccc(Br)c3)no2)NC2C1NCC2c1ccccc1. The highest BCUT2D eigenvalue weighted by atomic mass is 79.9. The Morgan fingerprint density at radius 2 is 2.03 bits per heavy atom. The van der Waals surface area contributed by atoms with E-state index in [-0.39, 0.29) is 29.4 Å². The molecule has 2 aromatic carbocycles. The van der Waals surface area contributed by atoms with Crippen LogP contribution in [0.3, 0.4) is 0 Å². The number of nitrogens with zero attached hydrogens (tertiary/aromatic N) is 2. The lowest BCUT2D eigenvalue weighted by Crippen LogP contribution is -2.64. The van der Waals surface area contributed by atoms with Gasteiger partial charge in [0.2, 0.25) is 17.6 Å². The Hall–Kier alpha value is -2.20. The second kappa shape index (κ2) is 8.50. The molecule has 0 spiro atoms. The fourth-order valence-electron chi connectivity index (χ4n) is 3.97. The van der Waals surface area contributed by atoms with Gasteiger partial charge in [-0.05, 0) is 17.7 Å². The maximum Gasteiger partial charge on any atom is 0.240 e. The second-order valence-electron chi connectivity index (χ2n) is 7.32. The number of fused-ring (bicyclic) bond motifs is 1. The van der Waals surface area contributed by atoms with E-state index in [2.05, 4.69) is 54.2 Å². The number of hydrogen-bond acceptors (Lipinski definition) is 7. The molecule has 4 atom stereocenters. The van der Waals surface area contributed by atoms with Crippen molar-refractivity contribution < 1.29 is 9.32 Å². The minimum Gasteiger partial charge on any atom is -0.338 e. The van der Waals surface area contributed by atoms with Gasteiger partial charge in [-0.25, -0.2) is 0 Å². The van der Waals surface area contributed by atoms with Crippen molar-refractivity contribution in [3.8, 4) is 11.4 Å². The summed E-state index contributed by atoms with van der Waals surface area (Å²) in [6.07, 6.45) is 0. The van der Waals surface area contributed by atoms with Crippen molar-refractivity contribution in [3.63, 3.8) is 0 Å². The highest BCUT2D eigenvalue weighted by Gasteiger charge is 2.45. The summed E-state index contributed by atoms with van der Waals surface area (Å²) in [6, 6.07) is 17.9. The molecule has 0 bridgehead atoms. The van der Waals surface area contributed by atoms with Gasteiger partial charge in [0, 0.05) is 28.5 Å². The average Bonchev–Trinajstić information content (AvgIpc) is 3.40. The van der Waals surface area contributed by atoms with Crippen LogP contribution in [0.4, 0.5) is 0 Å². The van der Waals surface area contributed by atoms with Crippen LogP contribution >= 0.6 is 27.7 Å². The van der Waals surface area contributed by atoms with E-state index in [1.807, 2.05) is 42.5 Å². The van der Waals surface area contributed by atoms with Gasteiger partial charge in [-0.2, -0.15) is 4.98 Å². The normalized spacial score (nSPS) is 25.7. The van der Waals surface area contributed by atoms with Crippen molar-refractivity contribution in [2.24, 2.45) is 0 Å². The van der Waals surface area contributed by atoms with Crippen molar-refractivity contribution >= 4 is 33.6 Å². The van der Waals surface area contributed by atoms with Gasteiger partial charge in [-0.3, -0.25) is 10.1 Å². The van der Waals surface area contributed by atoms with Crippen LogP contribution in [0.2, 0.25) is 0 Å². The number of carbonyl (C=O) groups excluding carboxylic acids is 1. The highest BCUT2D eigenvalue weighted by Crippen LogP contribution is 2.30. The van der Waals surface area contributed by atoms with Crippen LogP contribution in [0, 0.1) is 0 Å². The smallest absolute Gasteiger partial charge is 0.240 e. The quantitative estimate of drug-likeness (QED) is 0.511. The Bertz CT molecular complexity index is 1050. The van der Waals surface area contributed by atoms with Crippen LogP contribution in [-0.4, -0.2) is 40.2 Å². The molecule has 2 fully saturated rings. The van der Waals surface area contributed by atoms with Gasteiger partial charge < -0.3 is 15.2 Å². The zero-order valence-electron chi connectivity index (χ0n) is 15.9. The first-order valence-electron chi connectivity index (χ1n) is 9.72. The summed E-state index contributed by atoms with van der Waals surface area (Å²) in [5.41, 5.74) is 1.91. The molecule has 3 heterocycles. The molecular weight excluding hydrogens is 466 g/mol. The first-order chi connectivity index (χ1) is 14.7. The van der Waals surface area contributed by atoms with Gasteiger partial charge >= 0.3 is 0 Å². The first kappa shape index (κ1) is 19.7. The Labute approximate surface area is 186 Å². The van der Waals surface area contributed by atoms with Crippen molar-refractivity contribution in [1.82, 2.24) is 26.1 Å². The molecule has 2 aliphatic heterocycles. The zero-order valence-corrected chi connectivity index (χ0v) is 18.3. The van der Waals surface area contributed by atoms with E-state index in [0.717, 1.165) is 16.6 Å². The summed E-state index contributed by atoms with van der Waals surface area (Å²) in [5.74, 6) is 1.85. The molecule has 7 nitrogen and oxygen atoms in total. The maximum absolute atomic E-state index is 12.6. The van der Waals surface area contributed by atoms with E-state index < -0.39 is 0 Å². The van der Waals surface area contributed by atoms with Gasteiger partial charge in [-0.15, -0.1) is 11.8 Å². The van der Waals surface area contributed by atoms with E-state index in [9.17, 15) is 4.79 Å². The lowest BCUT2D eigenvalue weighted by molar-refractivity contribution is -0.125. The fraction of sp³-hybridized carbons (Fsp3) is 0.286. The van der Waals surface area contributed by atoms with Gasteiger partial charge in [-0.1, -0.05) is 63.6 Å². The first-order valence-corrected chi connectivity index (χ1v) is 11.6. The summed E-state index contributed by atoms with van der Waals surface area (Å²) in [6.45, 7) is 0.775. The summed E-state index contributed by atoms with van der Waals surface area (Å²) in [4.78, 5) is 17.1. The molecule has 9 heteroatoms. The predicted molar refractivity (Wildman–Crippen MR) is 119 cm³/mol. The minimum atomic E-state index is -0.224. The predicted octanol–water partition coefficient (Wildman–Crippen LogP) is 2.86. The van der Waals surface area contributed by atoms with Gasteiger partial charge in [0.05, 0.1) is 5.75 Å². The topological polar surface area (TPSA) is 92.1 Å². The van der Waals surface area contributed by atoms with Gasteiger partial charge in [0.25, 0.3) is 0 Å². The fourth-order valence-corrected chi connectivity index (χ4v) is 5.25. The molecule has 2 saturated heterocycles. The maximum atomic E-state index is 12.6. The molecule has 3 aromatic rings. The number of aromatic nitrogens is 2. The molecule has 1 amide bonds. The van der Waals surface area contributed by atoms with Crippen LogP contribution in [-0.2, 0) is 10.5 Å². The number of halogens is 1. The summed E-state index contributed by atoms with van der Waals surface area (Å²) >= 11 is 4.99. The number of thioether (sulfide) groups is 1. The number of rotatable bonds is 5. The third-order valence-corrected chi connectivity index (χ3v) is 6.90. The molecule has 5 rings (SSSR count). The lowest BCUT2D eigenvalue weighted by Gasteiger charge is -2.35. The van der Waals surface area contributed by atoms with Gasteiger partial charge in [0.15, 0.2) is 0 Å². The molecule has 2 aliphatic rings. The monoisotopic (exact) mass is 485 g/mol. The molecule has 0 saturated carbocycles. The molecule has 0 aliphatic carbocycles. The third-order valence-electron chi connectivity index (χ3n) is 5.40. The van der Waals surface area contributed by atoms with Crippen molar-refractivity contribution in [2.75, 3.05) is 6.54 Å². The molecule has 4 unspecified atom stereocenters. The average molecular weight is 486 g/mol. The van der Waals surface area contributed by atoms with Crippen LogP contribution in [0.5, 0.6) is 0 Å². The minimum absolute atomic E-state index is 0.0232. The van der Waals surface area contributed by atoms with Crippen molar-refractivity contribution in [3.05, 3.63) is 70.5 Å². The molecule has 30 heavy (non-hydrogen) atoms. The largest absolute Gasteiger partial charge is 0.338 e. The van der Waals surface area contributed by atoms with Gasteiger partial charge in [0.1, 0.15) is 11.5 Å². The summed E-state index contributed by atoms with van der Waals surface area (Å²) in [5, 5.41) is 14.0. The molecule has 3 N–H and O–H groups in total. The van der Waals surface area contributed by atoms with E-state index in [1.165, 1.54) is 17.3 Å². The lowest BCUT2D eigenvalue weighted by atomic mass is 9.90. The number of nitrogens with one attached hydrogen (secondary N) is 3. The number of amides is 1.